The zero-order chi connectivity index (χ0) is 23.2. The summed E-state index contributed by atoms with van der Waals surface area (Å²) in [6.07, 6.45) is 1.49. The van der Waals surface area contributed by atoms with Crippen LogP contribution in [0.25, 0.3) is 5.69 Å². The predicted octanol–water partition coefficient (Wildman–Crippen LogP) is 3.03. The van der Waals surface area contributed by atoms with E-state index in [0.29, 0.717) is 47.4 Å². The Labute approximate surface area is 195 Å². The quantitative estimate of drug-likeness (QED) is 0.588. The minimum atomic E-state index is -0.623. The van der Waals surface area contributed by atoms with E-state index in [1.807, 2.05) is 19.9 Å². The number of benzene rings is 2. The van der Waals surface area contributed by atoms with Crippen molar-refractivity contribution in [2.45, 2.75) is 19.4 Å². The van der Waals surface area contributed by atoms with Crippen LogP contribution >= 0.6 is 11.6 Å². The number of nitrogens with zero attached hydrogens (tertiary/aromatic N) is 5. The zero-order valence-electron chi connectivity index (χ0n) is 18.2. The van der Waals surface area contributed by atoms with Gasteiger partial charge in [0.15, 0.2) is 11.5 Å². The molecule has 2 amide bonds. The molecule has 10 heteroatoms. The van der Waals surface area contributed by atoms with Gasteiger partial charge in [0.25, 0.3) is 11.8 Å². The second-order valence-electron chi connectivity index (χ2n) is 8.53. The van der Waals surface area contributed by atoms with Crippen molar-refractivity contribution in [1.82, 2.24) is 24.6 Å². The molecule has 0 aliphatic carbocycles. The Bertz CT molecular complexity index is 1240. The summed E-state index contributed by atoms with van der Waals surface area (Å²) in [5.41, 5.74) is 0.551. The Morgan fingerprint density at radius 3 is 2.67 bits per heavy atom. The SMILES string of the molecule is CC1(C)CN(C(=O)c2cccc3c2OCO3)CCN1C(=O)c1ncn(-c2cccc(Cl)c2)n1. The first-order chi connectivity index (χ1) is 15.8. The summed E-state index contributed by atoms with van der Waals surface area (Å²) in [6, 6.07) is 12.4. The van der Waals surface area contributed by atoms with Crippen LogP contribution in [-0.2, 0) is 0 Å². The first-order valence-corrected chi connectivity index (χ1v) is 10.9. The normalized spacial score (nSPS) is 16.7. The molecule has 3 aromatic rings. The van der Waals surface area contributed by atoms with Crippen LogP contribution < -0.4 is 9.47 Å². The van der Waals surface area contributed by atoms with Gasteiger partial charge in [0.1, 0.15) is 6.33 Å². The molecule has 2 aromatic carbocycles. The van der Waals surface area contributed by atoms with Crippen molar-refractivity contribution in [1.29, 1.82) is 0 Å². The molecule has 1 fully saturated rings. The van der Waals surface area contributed by atoms with Crippen LogP contribution in [0.15, 0.2) is 48.8 Å². The lowest BCUT2D eigenvalue weighted by Crippen LogP contribution is -2.62. The average molecular weight is 468 g/mol. The van der Waals surface area contributed by atoms with Crippen molar-refractivity contribution in [3.8, 4) is 17.2 Å². The van der Waals surface area contributed by atoms with Gasteiger partial charge in [-0.2, -0.15) is 0 Å². The third-order valence-corrected chi connectivity index (χ3v) is 6.05. The lowest BCUT2D eigenvalue weighted by Gasteiger charge is -2.46. The molecular formula is C23H22ClN5O4. The third kappa shape index (κ3) is 3.89. The predicted molar refractivity (Wildman–Crippen MR) is 120 cm³/mol. The Hall–Kier alpha value is -3.59. The number of para-hydroxylation sites is 1. The minimum absolute atomic E-state index is 0.0919. The van der Waals surface area contributed by atoms with E-state index in [2.05, 4.69) is 10.1 Å². The van der Waals surface area contributed by atoms with Gasteiger partial charge < -0.3 is 19.3 Å². The van der Waals surface area contributed by atoms with Gasteiger partial charge in [-0.15, -0.1) is 5.10 Å². The number of carbonyl (C=O) groups excluding carboxylic acids is 2. The van der Waals surface area contributed by atoms with Crippen molar-refractivity contribution in [2.75, 3.05) is 26.4 Å². The molecule has 0 saturated carbocycles. The summed E-state index contributed by atoms with van der Waals surface area (Å²) < 4.78 is 12.4. The maximum atomic E-state index is 13.2. The van der Waals surface area contributed by atoms with Crippen LogP contribution in [-0.4, -0.2) is 68.3 Å². The molecule has 2 aliphatic heterocycles. The fourth-order valence-corrected chi connectivity index (χ4v) is 4.38. The van der Waals surface area contributed by atoms with E-state index in [9.17, 15) is 9.59 Å². The van der Waals surface area contributed by atoms with E-state index in [1.165, 1.54) is 11.0 Å². The van der Waals surface area contributed by atoms with Gasteiger partial charge in [0, 0.05) is 24.7 Å². The van der Waals surface area contributed by atoms with Crippen LogP contribution in [0.3, 0.4) is 0 Å². The zero-order valence-corrected chi connectivity index (χ0v) is 19.0. The number of piperazine rings is 1. The summed E-state index contributed by atoms with van der Waals surface area (Å²) in [6.45, 7) is 5.04. The van der Waals surface area contributed by atoms with Crippen LogP contribution in [0.1, 0.15) is 34.8 Å². The second kappa shape index (κ2) is 8.08. The molecule has 9 nitrogen and oxygen atoms in total. The molecule has 33 heavy (non-hydrogen) atoms. The highest BCUT2D eigenvalue weighted by Crippen LogP contribution is 2.36. The van der Waals surface area contributed by atoms with Gasteiger partial charge >= 0.3 is 0 Å². The molecule has 0 radical (unpaired) electrons. The largest absolute Gasteiger partial charge is 0.454 e. The number of halogens is 1. The Kier molecular flexibility index (Phi) is 5.20. The molecule has 0 unspecified atom stereocenters. The number of ether oxygens (including phenoxy) is 2. The van der Waals surface area contributed by atoms with Gasteiger partial charge in [-0.1, -0.05) is 23.7 Å². The van der Waals surface area contributed by atoms with Crippen LogP contribution in [0.4, 0.5) is 0 Å². The molecule has 3 heterocycles. The van der Waals surface area contributed by atoms with E-state index in [-0.39, 0.29) is 24.4 Å². The first-order valence-electron chi connectivity index (χ1n) is 10.5. The summed E-state index contributed by atoms with van der Waals surface area (Å²) >= 11 is 6.05. The molecule has 0 N–H and O–H groups in total. The molecule has 1 saturated heterocycles. The van der Waals surface area contributed by atoms with Crippen molar-refractivity contribution in [3.63, 3.8) is 0 Å². The van der Waals surface area contributed by atoms with Gasteiger partial charge in [-0.25, -0.2) is 9.67 Å². The molecule has 0 bridgehead atoms. The lowest BCUT2D eigenvalue weighted by molar-refractivity contribution is 0.0159. The van der Waals surface area contributed by atoms with Crippen molar-refractivity contribution in [2.24, 2.45) is 0 Å². The number of carbonyl (C=O) groups is 2. The number of amides is 2. The molecule has 5 rings (SSSR count). The number of hydrogen-bond donors (Lipinski definition) is 0. The maximum Gasteiger partial charge on any atom is 0.294 e. The number of aromatic nitrogens is 3. The highest BCUT2D eigenvalue weighted by atomic mass is 35.5. The van der Waals surface area contributed by atoms with Gasteiger partial charge in [0.05, 0.1) is 16.8 Å². The number of hydrogen-bond acceptors (Lipinski definition) is 6. The fourth-order valence-electron chi connectivity index (χ4n) is 4.20. The van der Waals surface area contributed by atoms with Gasteiger partial charge in [-0.05, 0) is 44.2 Å². The van der Waals surface area contributed by atoms with Crippen LogP contribution in [0.2, 0.25) is 5.02 Å². The van der Waals surface area contributed by atoms with Crippen molar-refractivity contribution < 1.29 is 19.1 Å². The summed E-state index contributed by atoms with van der Waals surface area (Å²) in [5.74, 6) is 0.685. The fraction of sp³-hybridized carbons (Fsp3) is 0.304. The molecular weight excluding hydrogens is 446 g/mol. The molecule has 170 valence electrons. The number of rotatable bonds is 3. The molecule has 0 atom stereocenters. The third-order valence-electron chi connectivity index (χ3n) is 5.82. The molecule has 1 aromatic heterocycles. The highest BCUT2D eigenvalue weighted by Gasteiger charge is 2.40. The average Bonchev–Trinajstić information content (AvgIpc) is 3.47. The van der Waals surface area contributed by atoms with E-state index in [4.69, 9.17) is 21.1 Å². The topological polar surface area (TPSA) is 89.8 Å². The number of fused-ring (bicyclic) bond motifs is 1. The van der Waals surface area contributed by atoms with Crippen molar-refractivity contribution >= 4 is 23.4 Å². The Morgan fingerprint density at radius 1 is 1.06 bits per heavy atom. The lowest BCUT2D eigenvalue weighted by atomic mass is 9.97. The minimum Gasteiger partial charge on any atom is -0.454 e. The maximum absolute atomic E-state index is 13.2. The Morgan fingerprint density at radius 2 is 1.88 bits per heavy atom. The summed E-state index contributed by atoms with van der Waals surface area (Å²) in [4.78, 5) is 34.1. The van der Waals surface area contributed by atoms with Gasteiger partial charge in [-0.3, -0.25) is 9.59 Å². The Balaban J connectivity index is 1.33. The standard InChI is InChI=1S/C23H22ClN5O4/c1-23(2)12-27(21(30)17-7-4-8-18-19(17)33-14-32-18)9-10-28(23)22(31)20-25-13-29(26-20)16-6-3-5-15(24)11-16/h3-8,11,13H,9-10,12,14H2,1-2H3. The molecule has 0 spiro atoms. The van der Waals surface area contributed by atoms with E-state index in [0.717, 1.165) is 0 Å². The molecule has 2 aliphatic rings. The highest BCUT2D eigenvalue weighted by molar-refractivity contribution is 6.30. The van der Waals surface area contributed by atoms with E-state index < -0.39 is 5.54 Å². The smallest absolute Gasteiger partial charge is 0.294 e. The van der Waals surface area contributed by atoms with E-state index >= 15 is 0 Å². The van der Waals surface area contributed by atoms with Crippen LogP contribution in [0, 0.1) is 0 Å². The summed E-state index contributed by atoms with van der Waals surface area (Å²) in [5, 5.41) is 4.92. The van der Waals surface area contributed by atoms with Crippen LogP contribution in [0.5, 0.6) is 11.5 Å². The summed E-state index contributed by atoms with van der Waals surface area (Å²) in [7, 11) is 0. The first kappa shape index (κ1) is 21.3. The van der Waals surface area contributed by atoms with Crippen molar-refractivity contribution in [3.05, 3.63) is 65.2 Å². The second-order valence-corrected chi connectivity index (χ2v) is 8.96. The van der Waals surface area contributed by atoms with Gasteiger partial charge in [0.2, 0.25) is 12.6 Å². The van der Waals surface area contributed by atoms with E-state index in [1.54, 1.807) is 46.2 Å². The monoisotopic (exact) mass is 467 g/mol.